The van der Waals surface area contributed by atoms with E-state index in [-0.39, 0.29) is 5.54 Å². The molecule has 1 aromatic carbocycles. The van der Waals surface area contributed by atoms with Crippen molar-refractivity contribution in [3.8, 4) is 0 Å². The lowest BCUT2D eigenvalue weighted by atomic mass is 10.1. The Morgan fingerprint density at radius 2 is 2.00 bits per heavy atom. The van der Waals surface area contributed by atoms with Crippen molar-refractivity contribution < 1.29 is 0 Å². The lowest BCUT2D eigenvalue weighted by molar-refractivity contribution is 0.424. The van der Waals surface area contributed by atoms with Crippen LogP contribution in [0.1, 0.15) is 46.6 Å². The zero-order valence-corrected chi connectivity index (χ0v) is 14.1. The summed E-state index contributed by atoms with van der Waals surface area (Å²) >= 11 is 6.50. The van der Waals surface area contributed by atoms with Gasteiger partial charge in [0.2, 0.25) is 0 Å². The van der Waals surface area contributed by atoms with Crippen molar-refractivity contribution in [1.29, 1.82) is 0 Å². The summed E-state index contributed by atoms with van der Waals surface area (Å²) in [6.07, 6.45) is 1.25. The number of halogens is 1. The Kier molecular flexibility index (Phi) is 4.66. The minimum absolute atomic E-state index is 0.129. The first kappa shape index (κ1) is 15.7. The van der Waals surface area contributed by atoms with Crippen LogP contribution >= 0.6 is 11.6 Å². The molecular weight excluding hydrogens is 268 g/mol. The molecule has 1 aliphatic heterocycles. The fourth-order valence-corrected chi connectivity index (χ4v) is 3.21. The first-order chi connectivity index (χ1) is 9.26. The number of benzene rings is 1. The van der Waals surface area contributed by atoms with Gasteiger partial charge in [0.25, 0.3) is 0 Å². The van der Waals surface area contributed by atoms with Crippen LogP contribution in [0.4, 0.5) is 5.69 Å². The Morgan fingerprint density at radius 3 is 2.50 bits per heavy atom. The molecule has 0 aliphatic carbocycles. The van der Waals surface area contributed by atoms with Gasteiger partial charge >= 0.3 is 0 Å². The molecule has 2 unspecified atom stereocenters. The lowest BCUT2D eigenvalue weighted by Crippen LogP contribution is -2.35. The van der Waals surface area contributed by atoms with Gasteiger partial charge in [-0.05, 0) is 57.7 Å². The van der Waals surface area contributed by atoms with E-state index in [1.54, 1.807) is 0 Å². The molecule has 1 heterocycles. The second-order valence-corrected chi connectivity index (χ2v) is 7.64. The van der Waals surface area contributed by atoms with Crippen LogP contribution in [0, 0.1) is 5.92 Å². The van der Waals surface area contributed by atoms with Crippen LogP contribution in [-0.2, 0) is 6.54 Å². The Morgan fingerprint density at radius 1 is 1.30 bits per heavy atom. The van der Waals surface area contributed by atoms with Crippen molar-refractivity contribution in [3.05, 3.63) is 28.8 Å². The van der Waals surface area contributed by atoms with Crippen LogP contribution in [0.2, 0.25) is 5.02 Å². The largest absolute Gasteiger partial charge is 0.367 e. The normalized spacial score (nSPS) is 23.4. The van der Waals surface area contributed by atoms with Crippen molar-refractivity contribution in [3.63, 3.8) is 0 Å². The maximum absolute atomic E-state index is 6.50. The summed E-state index contributed by atoms with van der Waals surface area (Å²) < 4.78 is 0. The molecule has 0 aromatic heterocycles. The van der Waals surface area contributed by atoms with Crippen molar-refractivity contribution in [1.82, 2.24) is 5.32 Å². The minimum Gasteiger partial charge on any atom is -0.367 e. The van der Waals surface area contributed by atoms with Gasteiger partial charge in [-0.1, -0.05) is 24.6 Å². The van der Waals surface area contributed by atoms with Gasteiger partial charge in [-0.2, -0.15) is 0 Å². The Hall–Kier alpha value is -0.730. The van der Waals surface area contributed by atoms with Crippen LogP contribution in [0.15, 0.2) is 18.2 Å². The summed E-state index contributed by atoms with van der Waals surface area (Å²) in [4.78, 5) is 2.44. The number of hydrogen-bond donors (Lipinski definition) is 1. The van der Waals surface area contributed by atoms with Gasteiger partial charge in [-0.15, -0.1) is 0 Å². The fourth-order valence-electron chi connectivity index (χ4n) is 2.90. The summed E-state index contributed by atoms with van der Waals surface area (Å²) in [5.41, 5.74) is 2.56. The second-order valence-electron chi connectivity index (χ2n) is 7.23. The maximum atomic E-state index is 6.50. The third-order valence-corrected chi connectivity index (χ3v) is 4.23. The SMILES string of the molecule is CC1CC(C)N(c2ccc(CNC(C)(C)C)cc2Cl)C1. The van der Waals surface area contributed by atoms with E-state index in [2.05, 4.69) is 63.0 Å². The molecule has 20 heavy (non-hydrogen) atoms. The van der Waals surface area contributed by atoms with Crippen LogP contribution < -0.4 is 10.2 Å². The molecular formula is C17H27ClN2. The van der Waals surface area contributed by atoms with E-state index in [1.807, 2.05) is 0 Å². The molecule has 0 saturated carbocycles. The Labute approximate surface area is 128 Å². The molecule has 1 fully saturated rings. The topological polar surface area (TPSA) is 15.3 Å². The first-order valence-corrected chi connectivity index (χ1v) is 7.94. The molecule has 1 saturated heterocycles. The average molecular weight is 295 g/mol. The molecule has 0 spiro atoms. The highest BCUT2D eigenvalue weighted by Gasteiger charge is 2.27. The smallest absolute Gasteiger partial charge is 0.0642 e. The van der Waals surface area contributed by atoms with Crippen molar-refractivity contribution in [2.45, 2.75) is 59.2 Å². The van der Waals surface area contributed by atoms with Crippen LogP contribution in [0.25, 0.3) is 0 Å². The van der Waals surface area contributed by atoms with E-state index in [1.165, 1.54) is 17.7 Å². The predicted molar refractivity (Wildman–Crippen MR) is 88.6 cm³/mol. The van der Waals surface area contributed by atoms with Crippen molar-refractivity contribution in [2.75, 3.05) is 11.4 Å². The molecule has 2 nitrogen and oxygen atoms in total. The standard InChI is InChI=1S/C17H27ClN2/c1-12-8-13(2)20(11-12)16-7-6-14(9-15(16)18)10-19-17(3,4)5/h6-7,9,12-13,19H,8,10-11H2,1-5H3. The number of anilines is 1. The molecule has 0 radical (unpaired) electrons. The molecule has 1 aliphatic rings. The van der Waals surface area contributed by atoms with Gasteiger partial charge in [0.05, 0.1) is 10.7 Å². The molecule has 1 aromatic rings. The first-order valence-electron chi connectivity index (χ1n) is 7.56. The third-order valence-electron chi connectivity index (χ3n) is 3.93. The zero-order valence-electron chi connectivity index (χ0n) is 13.3. The molecule has 0 bridgehead atoms. The Balaban J connectivity index is 2.10. The highest BCUT2D eigenvalue weighted by Crippen LogP contribution is 2.34. The van der Waals surface area contributed by atoms with E-state index >= 15 is 0 Å². The summed E-state index contributed by atoms with van der Waals surface area (Å²) in [5, 5.41) is 4.37. The molecule has 0 amide bonds. The quantitative estimate of drug-likeness (QED) is 0.885. The van der Waals surface area contributed by atoms with E-state index < -0.39 is 0 Å². The number of nitrogens with one attached hydrogen (secondary N) is 1. The van der Waals surface area contributed by atoms with Gasteiger partial charge < -0.3 is 10.2 Å². The predicted octanol–water partition coefficient (Wildman–Crippen LogP) is 4.46. The van der Waals surface area contributed by atoms with Gasteiger partial charge in [0.1, 0.15) is 0 Å². The maximum Gasteiger partial charge on any atom is 0.0642 e. The molecule has 2 atom stereocenters. The minimum atomic E-state index is 0.129. The molecule has 112 valence electrons. The monoisotopic (exact) mass is 294 g/mol. The second kappa shape index (κ2) is 5.95. The Bertz CT molecular complexity index is 465. The number of rotatable bonds is 3. The van der Waals surface area contributed by atoms with Gasteiger partial charge in [-0.3, -0.25) is 0 Å². The summed E-state index contributed by atoms with van der Waals surface area (Å²) in [6, 6.07) is 7.05. The van der Waals surface area contributed by atoms with Crippen LogP contribution in [-0.4, -0.2) is 18.1 Å². The number of hydrogen-bond acceptors (Lipinski definition) is 2. The van der Waals surface area contributed by atoms with Gasteiger partial charge in [0, 0.05) is 24.7 Å². The summed E-state index contributed by atoms with van der Waals surface area (Å²) in [6.45, 7) is 13.1. The van der Waals surface area contributed by atoms with Crippen LogP contribution in [0.5, 0.6) is 0 Å². The third kappa shape index (κ3) is 3.89. The van der Waals surface area contributed by atoms with Crippen molar-refractivity contribution in [2.24, 2.45) is 5.92 Å². The molecule has 3 heteroatoms. The molecule has 1 N–H and O–H groups in total. The van der Waals surface area contributed by atoms with E-state index in [4.69, 9.17) is 11.6 Å². The average Bonchev–Trinajstić information content (AvgIpc) is 2.65. The van der Waals surface area contributed by atoms with Gasteiger partial charge in [-0.25, -0.2) is 0 Å². The van der Waals surface area contributed by atoms with E-state index in [0.717, 1.165) is 24.0 Å². The fraction of sp³-hybridized carbons (Fsp3) is 0.647. The van der Waals surface area contributed by atoms with E-state index in [9.17, 15) is 0 Å². The highest BCUT2D eigenvalue weighted by molar-refractivity contribution is 6.33. The zero-order chi connectivity index (χ0) is 14.9. The van der Waals surface area contributed by atoms with E-state index in [0.29, 0.717) is 6.04 Å². The highest BCUT2D eigenvalue weighted by atomic mass is 35.5. The summed E-state index contributed by atoms with van der Waals surface area (Å²) in [7, 11) is 0. The number of nitrogens with zero attached hydrogens (tertiary/aromatic N) is 1. The van der Waals surface area contributed by atoms with Crippen molar-refractivity contribution >= 4 is 17.3 Å². The molecule has 2 rings (SSSR count). The van der Waals surface area contributed by atoms with Gasteiger partial charge in [0.15, 0.2) is 0 Å². The van der Waals surface area contributed by atoms with Crippen LogP contribution in [0.3, 0.4) is 0 Å². The lowest BCUT2D eigenvalue weighted by Gasteiger charge is -2.26. The summed E-state index contributed by atoms with van der Waals surface area (Å²) in [5.74, 6) is 0.753.